The SMILES string of the molecule is COc1cc(C(=O)C2CC3CCC(C2)N3C)cc(C(F)(F)F)c1. The first-order valence-electron chi connectivity index (χ1n) is 7.82. The first kappa shape index (κ1) is 16.3. The molecule has 0 radical (unpaired) electrons. The van der Waals surface area contributed by atoms with E-state index >= 15 is 0 Å². The first-order valence-corrected chi connectivity index (χ1v) is 7.82. The molecule has 2 bridgehead atoms. The number of ketones is 1. The third-order valence-electron chi connectivity index (χ3n) is 5.22. The van der Waals surface area contributed by atoms with Gasteiger partial charge in [0.2, 0.25) is 0 Å². The molecule has 2 atom stereocenters. The molecule has 1 aromatic rings. The van der Waals surface area contributed by atoms with Crippen molar-refractivity contribution in [1.82, 2.24) is 4.90 Å². The summed E-state index contributed by atoms with van der Waals surface area (Å²) in [4.78, 5) is 15.0. The predicted octanol–water partition coefficient (Wildman–Crippen LogP) is 3.77. The van der Waals surface area contributed by atoms with E-state index in [4.69, 9.17) is 4.74 Å². The van der Waals surface area contributed by atoms with Gasteiger partial charge in [-0.3, -0.25) is 4.79 Å². The molecular formula is C17H20F3NO2. The highest BCUT2D eigenvalue weighted by Gasteiger charge is 2.41. The van der Waals surface area contributed by atoms with E-state index in [0.717, 1.165) is 37.8 Å². The number of hydrogen-bond donors (Lipinski definition) is 0. The average molecular weight is 327 g/mol. The van der Waals surface area contributed by atoms with Crippen molar-refractivity contribution in [3.63, 3.8) is 0 Å². The van der Waals surface area contributed by atoms with Gasteiger partial charge >= 0.3 is 6.18 Å². The van der Waals surface area contributed by atoms with E-state index in [9.17, 15) is 18.0 Å². The number of halogens is 3. The molecule has 2 fully saturated rings. The molecule has 0 saturated carbocycles. The van der Waals surface area contributed by atoms with Gasteiger partial charge in [0, 0.05) is 23.6 Å². The molecule has 2 saturated heterocycles. The molecule has 3 rings (SSSR count). The van der Waals surface area contributed by atoms with Crippen LogP contribution < -0.4 is 4.74 Å². The minimum absolute atomic E-state index is 0.0686. The van der Waals surface area contributed by atoms with Gasteiger partial charge in [0.25, 0.3) is 0 Å². The van der Waals surface area contributed by atoms with Crippen molar-refractivity contribution in [2.45, 2.75) is 43.9 Å². The van der Waals surface area contributed by atoms with Crippen molar-refractivity contribution < 1.29 is 22.7 Å². The number of carbonyl (C=O) groups is 1. The molecule has 6 heteroatoms. The molecule has 0 N–H and O–H groups in total. The fourth-order valence-electron chi connectivity index (χ4n) is 3.88. The number of Topliss-reactive ketones (excluding diaryl/α,β-unsaturated/α-hetero) is 1. The zero-order chi connectivity index (χ0) is 16.8. The molecule has 2 aliphatic rings. The van der Waals surface area contributed by atoms with E-state index in [0.29, 0.717) is 12.1 Å². The number of ether oxygens (including phenoxy) is 1. The van der Waals surface area contributed by atoms with E-state index in [2.05, 4.69) is 11.9 Å². The van der Waals surface area contributed by atoms with Crippen molar-refractivity contribution in [3.05, 3.63) is 29.3 Å². The highest BCUT2D eigenvalue weighted by atomic mass is 19.4. The summed E-state index contributed by atoms with van der Waals surface area (Å²) in [5, 5.41) is 0. The third kappa shape index (κ3) is 3.09. The molecule has 2 aliphatic heterocycles. The number of benzene rings is 1. The van der Waals surface area contributed by atoms with E-state index in [1.807, 2.05) is 0 Å². The number of nitrogens with zero attached hydrogens (tertiary/aromatic N) is 1. The molecule has 1 aromatic carbocycles. The highest BCUT2D eigenvalue weighted by Crippen LogP contribution is 2.40. The Balaban J connectivity index is 1.88. The molecule has 0 aromatic heterocycles. The van der Waals surface area contributed by atoms with Crippen LogP contribution in [0.3, 0.4) is 0 Å². The Hall–Kier alpha value is -1.56. The van der Waals surface area contributed by atoms with E-state index in [-0.39, 0.29) is 23.0 Å². The van der Waals surface area contributed by atoms with Gasteiger partial charge in [0.1, 0.15) is 5.75 Å². The Morgan fingerprint density at radius 1 is 1.17 bits per heavy atom. The van der Waals surface area contributed by atoms with Crippen LogP contribution in [0.15, 0.2) is 18.2 Å². The summed E-state index contributed by atoms with van der Waals surface area (Å²) >= 11 is 0. The van der Waals surface area contributed by atoms with Crippen LogP contribution >= 0.6 is 0 Å². The van der Waals surface area contributed by atoms with Crippen LogP contribution in [-0.2, 0) is 6.18 Å². The maximum Gasteiger partial charge on any atom is 0.416 e. The van der Waals surface area contributed by atoms with Gasteiger partial charge in [-0.15, -0.1) is 0 Å². The Morgan fingerprint density at radius 3 is 2.30 bits per heavy atom. The number of rotatable bonds is 3. The number of hydrogen-bond acceptors (Lipinski definition) is 3. The molecule has 3 nitrogen and oxygen atoms in total. The number of fused-ring (bicyclic) bond motifs is 2. The summed E-state index contributed by atoms with van der Waals surface area (Å²) < 4.78 is 43.9. The van der Waals surface area contributed by atoms with E-state index in [1.165, 1.54) is 13.2 Å². The summed E-state index contributed by atoms with van der Waals surface area (Å²) in [7, 11) is 3.37. The van der Waals surface area contributed by atoms with Crippen molar-refractivity contribution in [2.75, 3.05) is 14.2 Å². The Morgan fingerprint density at radius 2 is 1.78 bits per heavy atom. The van der Waals surface area contributed by atoms with Gasteiger partial charge in [0.05, 0.1) is 12.7 Å². The second kappa shape index (κ2) is 5.82. The van der Waals surface area contributed by atoms with Crippen molar-refractivity contribution in [3.8, 4) is 5.75 Å². The van der Waals surface area contributed by atoms with Crippen LogP contribution in [0.2, 0.25) is 0 Å². The first-order chi connectivity index (χ1) is 10.8. The van der Waals surface area contributed by atoms with Crippen molar-refractivity contribution in [1.29, 1.82) is 0 Å². The molecule has 2 unspecified atom stereocenters. The van der Waals surface area contributed by atoms with Crippen LogP contribution in [0.1, 0.15) is 41.6 Å². The molecule has 0 spiro atoms. The molecule has 126 valence electrons. The number of methoxy groups -OCH3 is 1. The number of piperidine rings is 1. The second-order valence-electron chi connectivity index (χ2n) is 6.53. The fourth-order valence-corrected chi connectivity index (χ4v) is 3.88. The summed E-state index contributed by atoms with van der Waals surface area (Å²) in [6.07, 6.45) is -0.905. The molecule has 0 amide bonds. The molecular weight excluding hydrogens is 307 g/mol. The maximum absolute atomic E-state index is 13.0. The van der Waals surface area contributed by atoms with Gasteiger partial charge < -0.3 is 9.64 Å². The van der Waals surface area contributed by atoms with Gasteiger partial charge in [-0.1, -0.05) is 0 Å². The summed E-state index contributed by atoms with van der Waals surface area (Å²) in [6, 6.07) is 4.03. The number of carbonyl (C=O) groups excluding carboxylic acids is 1. The Labute approximate surface area is 133 Å². The lowest BCUT2D eigenvalue weighted by atomic mass is 9.84. The van der Waals surface area contributed by atoms with Crippen LogP contribution in [0.4, 0.5) is 13.2 Å². The van der Waals surface area contributed by atoms with Crippen LogP contribution in [-0.4, -0.2) is 36.9 Å². The molecule has 0 aliphatic carbocycles. The molecule has 2 heterocycles. The van der Waals surface area contributed by atoms with Gasteiger partial charge in [0.15, 0.2) is 5.78 Å². The topological polar surface area (TPSA) is 29.5 Å². The third-order valence-corrected chi connectivity index (χ3v) is 5.22. The second-order valence-corrected chi connectivity index (χ2v) is 6.53. The quantitative estimate of drug-likeness (QED) is 0.792. The lowest BCUT2D eigenvalue weighted by Crippen LogP contribution is -2.42. The normalized spacial score (nSPS) is 28.0. The van der Waals surface area contributed by atoms with E-state index in [1.54, 1.807) is 0 Å². The van der Waals surface area contributed by atoms with E-state index < -0.39 is 11.7 Å². The zero-order valence-corrected chi connectivity index (χ0v) is 13.2. The van der Waals surface area contributed by atoms with Crippen molar-refractivity contribution >= 4 is 5.78 Å². The van der Waals surface area contributed by atoms with Gasteiger partial charge in [-0.05, 0) is 50.9 Å². The average Bonchev–Trinajstić information content (AvgIpc) is 2.74. The number of alkyl halides is 3. The monoisotopic (exact) mass is 327 g/mol. The zero-order valence-electron chi connectivity index (χ0n) is 13.2. The highest BCUT2D eigenvalue weighted by molar-refractivity contribution is 5.98. The van der Waals surface area contributed by atoms with Crippen molar-refractivity contribution in [2.24, 2.45) is 5.92 Å². The smallest absolute Gasteiger partial charge is 0.416 e. The van der Waals surface area contributed by atoms with Crippen LogP contribution in [0, 0.1) is 5.92 Å². The standard InChI is InChI=1S/C17H20F3NO2/c1-21-13-3-4-14(21)7-11(6-13)16(22)10-5-12(17(18,19)20)9-15(8-10)23-2/h5,8-9,11,13-14H,3-4,6-7H2,1-2H3. The maximum atomic E-state index is 13.0. The predicted molar refractivity (Wildman–Crippen MR) is 79.6 cm³/mol. The fraction of sp³-hybridized carbons (Fsp3) is 0.588. The largest absolute Gasteiger partial charge is 0.497 e. The molecule has 23 heavy (non-hydrogen) atoms. The lowest BCUT2D eigenvalue weighted by Gasteiger charge is -2.35. The Bertz CT molecular complexity index is 600. The van der Waals surface area contributed by atoms with Crippen LogP contribution in [0.25, 0.3) is 0 Å². The minimum atomic E-state index is -4.49. The summed E-state index contributed by atoms with van der Waals surface area (Å²) in [6.45, 7) is 0. The lowest BCUT2D eigenvalue weighted by molar-refractivity contribution is -0.137. The van der Waals surface area contributed by atoms with Gasteiger partial charge in [-0.25, -0.2) is 0 Å². The van der Waals surface area contributed by atoms with Gasteiger partial charge in [-0.2, -0.15) is 13.2 Å². The minimum Gasteiger partial charge on any atom is -0.497 e. The Kier molecular flexibility index (Phi) is 4.12. The van der Waals surface area contributed by atoms with Crippen LogP contribution in [0.5, 0.6) is 5.75 Å². The summed E-state index contributed by atoms with van der Waals surface area (Å²) in [5.74, 6) is -0.324. The summed E-state index contributed by atoms with van der Waals surface area (Å²) in [5.41, 5.74) is -0.735.